The van der Waals surface area contributed by atoms with Gasteiger partial charge in [0, 0.05) is 13.1 Å². The van der Waals surface area contributed by atoms with E-state index >= 15 is 0 Å². The van der Waals surface area contributed by atoms with Gasteiger partial charge in [-0.25, -0.2) is 0 Å². The van der Waals surface area contributed by atoms with Gasteiger partial charge in [-0.15, -0.1) is 0 Å². The van der Waals surface area contributed by atoms with Crippen LogP contribution in [0.5, 0.6) is 0 Å². The number of carboxylic acids is 1. The first-order valence-electron chi connectivity index (χ1n) is 6.07. The van der Waals surface area contributed by atoms with Gasteiger partial charge in [0.25, 0.3) is 0 Å². The van der Waals surface area contributed by atoms with Crippen LogP contribution in [0.1, 0.15) is 27.2 Å². The van der Waals surface area contributed by atoms with Gasteiger partial charge in [0.05, 0.1) is 6.54 Å². The van der Waals surface area contributed by atoms with Crippen molar-refractivity contribution in [2.75, 3.05) is 20.1 Å². The summed E-state index contributed by atoms with van der Waals surface area (Å²) in [6.45, 7) is 6.71. The number of nitrogens with zero attached hydrogens (tertiary/aromatic N) is 2. The molecule has 2 atom stereocenters. The Bertz CT molecular complexity index is 304. The number of likely N-dealkylation sites (N-methyl/N-ethyl adjacent to an activating group) is 1. The first kappa shape index (κ1) is 14.0. The van der Waals surface area contributed by atoms with Gasteiger partial charge in [0.1, 0.15) is 6.04 Å². The molecule has 0 aliphatic carbocycles. The molecule has 0 radical (unpaired) electrons. The summed E-state index contributed by atoms with van der Waals surface area (Å²) in [6.07, 6.45) is 0.843. The minimum Gasteiger partial charge on any atom is -0.480 e. The smallest absolute Gasteiger partial charge is 0.321 e. The lowest BCUT2D eigenvalue weighted by Gasteiger charge is -2.27. The second kappa shape index (κ2) is 5.49. The molecule has 0 spiro atoms. The Kier molecular flexibility index (Phi) is 4.51. The van der Waals surface area contributed by atoms with Crippen LogP contribution < -0.4 is 0 Å². The highest BCUT2D eigenvalue weighted by Gasteiger charge is 2.37. The number of rotatable bonds is 4. The van der Waals surface area contributed by atoms with Crippen LogP contribution in [0.4, 0.5) is 0 Å². The number of aliphatic carboxylic acids is 1. The lowest BCUT2D eigenvalue weighted by atomic mass is 10.0. The van der Waals surface area contributed by atoms with Gasteiger partial charge in [-0.05, 0) is 32.7 Å². The Morgan fingerprint density at radius 3 is 2.53 bits per heavy atom. The highest BCUT2D eigenvalue weighted by Crippen LogP contribution is 2.23. The van der Waals surface area contributed by atoms with Crippen molar-refractivity contribution in [3.63, 3.8) is 0 Å². The second-order valence-electron chi connectivity index (χ2n) is 5.12. The average Bonchev–Trinajstić information content (AvgIpc) is 2.58. The molecule has 0 saturated carbocycles. The summed E-state index contributed by atoms with van der Waals surface area (Å²) in [4.78, 5) is 26.5. The standard InChI is InChI=1S/C12H22N2O3/c1-8(2)13(4)10(15)7-14-6-5-9(3)11(14)12(16)17/h8-9,11H,5-7H2,1-4H3,(H,16,17). The molecule has 1 rings (SSSR count). The van der Waals surface area contributed by atoms with Crippen LogP contribution in [0, 0.1) is 5.92 Å². The maximum atomic E-state index is 11.9. The molecule has 1 fully saturated rings. The molecule has 1 aliphatic rings. The third kappa shape index (κ3) is 3.19. The summed E-state index contributed by atoms with van der Waals surface area (Å²) in [5.41, 5.74) is 0. The summed E-state index contributed by atoms with van der Waals surface area (Å²) in [5.74, 6) is -0.722. The van der Waals surface area contributed by atoms with E-state index in [2.05, 4.69) is 0 Å². The zero-order valence-corrected chi connectivity index (χ0v) is 11.0. The molecule has 1 saturated heterocycles. The molecule has 1 amide bonds. The van der Waals surface area contributed by atoms with E-state index in [1.54, 1.807) is 16.8 Å². The molecule has 0 aromatic carbocycles. The Morgan fingerprint density at radius 2 is 2.06 bits per heavy atom. The third-order valence-electron chi connectivity index (χ3n) is 3.56. The fourth-order valence-electron chi connectivity index (χ4n) is 2.18. The van der Waals surface area contributed by atoms with Crippen molar-refractivity contribution in [2.24, 2.45) is 5.92 Å². The van der Waals surface area contributed by atoms with Gasteiger partial charge in [-0.1, -0.05) is 6.92 Å². The number of hydrogen-bond donors (Lipinski definition) is 1. The van der Waals surface area contributed by atoms with E-state index in [1.165, 1.54) is 0 Å². The topological polar surface area (TPSA) is 60.9 Å². The fourth-order valence-corrected chi connectivity index (χ4v) is 2.18. The van der Waals surface area contributed by atoms with Gasteiger partial charge in [0.2, 0.25) is 5.91 Å². The number of carbonyl (C=O) groups is 2. The number of hydrogen-bond acceptors (Lipinski definition) is 3. The van der Waals surface area contributed by atoms with Crippen LogP contribution in [0.15, 0.2) is 0 Å². The van der Waals surface area contributed by atoms with Gasteiger partial charge in [-0.3, -0.25) is 14.5 Å². The maximum absolute atomic E-state index is 11.9. The van der Waals surface area contributed by atoms with Crippen molar-refractivity contribution in [3.8, 4) is 0 Å². The molecule has 1 heterocycles. The predicted octanol–water partition coefficient (Wildman–Crippen LogP) is 0.648. The van der Waals surface area contributed by atoms with Crippen LogP contribution in [0.2, 0.25) is 0 Å². The molecule has 2 unspecified atom stereocenters. The van der Waals surface area contributed by atoms with Crippen LogP contribution in [0.25, 0.3) is 0 Å². The first-order chi connectivity index (χ1) is 7.84. The van der Waals surface area contributed by atoms with Crippen LogP contribution in [-0.4, -0.2) is 59.0 Å². The zero-order chi connectivity index (χ0) is 13.2. The lowest BCUT2D eigenvalue weighted by molar-refractivity contribution is -0.144. The Labute approximate surface area is 102 Å². The second-order valence-corrected chi connectivity index (χ2v) is 5.12. The largest absolute Gasteiger partial charge is 0.480 e. The van der Waals surface area contributed by atoms with Crippen molar-refractivity contribution < 1.29 is 14.7 Å². The van der Waals surface area contributed by atoms with Gasteiger partial charge in [0.15, 0.2) is 0 Å². The molecule has 1 N–H and O–H groups in total. The molecule has 5 nitrogen and oxygen atoms in total. The number of carboxylic acid groups (broad SMARTS) is 1. The fraction of sp³-hybridized carbons (Fsp3) is 0.833. The van der Waals surface area contributed by atoms with E-state index in [-0.39, 0.29) is 24.4 Å². The third-order valence-corrected chi connectivity index (χ3v) is 3.56. The Morgan fingerprint density at radius 1 is 1.47 bits per heavy atom. The summed E-state index contributed by atoms with van der Waals surface area (Å²) >= 11 is 0. The maximum Gasteiger partial charge on any atom is 0.321 e. The van der Waals surface area contributed by atoms with E-state index in [0.717, 1.165) is 6.42 Å². The molecule has 0 aromatic rings. The van der Waals surface area contributed by atoms with Crippen LogP contribution in [0.3, 0.4) is 0 Å². The first-order valence-corrected chi connectivity index (χ1v) is 6.07. The molecule has 0 aromatic heterocycles. The highest BCUT2D eigenvalue weighted by atomic mass is 16.4. The monoisotopic (exact) mass is 242 g/mol. The summed E-state index contributed by atoms with van der Waals surface area (Å²) in [7, 11) is 1.75. The SMILES string of the molecule is CC1CCN(CC(=O)N(C)C(C)C)C1C(=O)O. The van der Waals surface area contributed by atoms with E-state index in [9.17, 15) is 9.59 Å². The zero-order valence-electron chi connectivity index (χ0n) is 11.0. The minimum absolute atomic E-state index is 0.0136. The van der Waals surface area contributed by atoms with E-state index < -0.39 is 12.0 Å². The lowest BCUT2D eigenvalue weighted by Crippen LogP contribution is -2.46. The summed E-state index contributed by atoms with van der Waals surface area (Å²) in [5, 5.41) is 9.15. The van der Waals surface area contributed by atoms with Crippen molar-refractivity contribution in [1.29, 1.82) is 0 Å². The molecule has 98 valence electrons. The Hall–Kier alpha value is -1.10. The summed E-state index contributed by atoms with van der Waals surface area (Å²) in [6, 6.07) is -0.370. The molecular weight excluding hydrogens is 220 g/mol. The van der Waals surface area contributed by atoms with Crippen molar-refractivity contribution in [3.05, 3.63) is 0 Å². The van der Waals surface area contributed by atoms with Crippen molar-refractivity contribution in [1.82, 2.24) is 9.80 Å². The van der Waals surface area contributed by atoms with E-state index in [4.69, 9.17) is 5.11 Å². The number of amides is 1. The van der Waals surface area contributed by atoms with E-state index in [1.807, 2.05) is 20.8 Å². The quantitative estimate of drug-likeness (QED) is 0.786. The minimum atomic E-state index is -0.824. The van der Waals surface area contributed by atoms with Crippen molar-refractivity contribution >= 4 is 11.9 Å². The normalized spacial score (nSPS) is 25.2. The Balaban J connectivity index is 2.62. The molecule has 5 heteroatoms. The number of carbonyl (C=O) groups excluding carboxylic acids is 1. The van der Waals surface area contributed by atoms with Gasteiger partial charge in [-0.2, -0.15) is 0 Å². The summed E-state index contributed by atoms with van der Waals surface area (Å²) < 4.78 is 0. The molecule has 0 bridgehead atoms. The van der Waals surface area contributed by atoms with Crippen molar-refractivity contribution in [2.45, 2.75) is 39.3 Å². The van der Waals surface area contributed by atoms with Gasteiger partial charge >= 0.3 is 5.97 Å². The van der Waals surface area contributed by atoms with E-state index in [0.29, 0.717) is 6.54 Å². The highest BCUT2D eigenvalue weighted by molar-refractivity contribution is 5.80. The van der Waals surface area contributed by atoms with Crippen LogP contribution >= 0.6 is 0 Å². The van der Waals surface area contributed by atoms with Crippen LogP contribution in [-0.2, 0) is 9.59 Å². The van der Waals surface area contributed by atoms with Gasteiger partial charge < -0.3 is 10.0 Å². The predicted molar refractivity (Wildman–Crippen MR) is 64.7 cm³/mol. The molecular formula is C12H22N2O3. The average molecular weight is 242 g/mol. The molecule has 17 heavy (non-hydrogen) atoms. The molecule has 1 aliphatic heterocycles. The number of likely N-dealkylation sites (tertiary alicyclic amines) is 1.